The van der Waals surface area contributed by atoms with Crippen molar-refractivity contribution in [2.24, 2.45) is 5.92 Å². The van der Waals surface area contributed by atoms with E-state index in [1.807, 2.05) is 24.1 Å². The summed E-state index contributed by atoms with van der Waals surface area (Å²) >= 11 is 1.66. The third-order valence-electron chi connectivity index (χ3n) is 4.38. The van der Waals surface area contributed by atoms with Crippen LogP contribution in [0.3, 0.4) is 0 Å². The fourth-order valence-electron chi connectivity index (χ4n) is 3.34. The zero-order valence-electron chi connectivity index (χ0n) is 13.2. The predicted molar refractivity (Wildman–Crippen MR) is 86.8 cm³/mol. The lowest BCUT2D eigenvalue weighted by Gasteiger charge is -2.38. The SMILES string of the molecule is C=C(C)[C@H]1OCC[C@H]1C(=O)N1C[C@@H](C)O[C@H](c2ccsc2)C1. The summed E-state index contributed by atoms with van der Waals surface area (Å²) in [7, 11) is 0. The molecule has 3 heterocycles. The highest BCUT2D eigenvalue weighted by Gasteiger charge is 2.39. The van der Waals surface area contributed by atoms with Gasteiger partial charge in [0.15, 0.2) is 0 Å². The van der Waals surface area contributed by atoms with Gasteiger partial charge in [0.2, 0.25) is 5.91 Å². The number of rotatable bonds is 3. The molecular formula is C17H23NO3S. The van der Waals surface area contributed by atoms with E-state index in [0.29, 0.717) is 19.7 Å². The third kappa shape index (κ3) is 3.12. The van der Waals surface area contributed by atoms with E-state index in [-0.39, 0.29) is 30.1 Å². The second-order valence-electron chi connectivity index (χ2n) is 6.27. The normalized spacial score (nSPS) is 32.2. The van der Waals surface area contributed by atoms with Crippen molar-refractivity contribution in [1.29, 1.82) is 0 Å². The first-order valence-corrected chi connectivity index (χ1v) is 8.74. The first kappa shape index (κ1) is 15.7. The van der Waals surface area contributed by atoms with Gasteiger partial charge in [0.05, 0.1) is 24.7 Å². The zero-order valence-corrected chi connectivity index (χ0v) is 14.0. The molecule has 0 spiro atoms. The Balaban J connectivity index is 1.73. The Bertz CT molecular complexity index is 542. The Morgan fingerprint density at radius 1 is 1.45 bits per heavy atom. The number of nitrogens with zero attached hydrogens (tertiary/aromatic N) is 1. The predicted octanol–water partition coefficient (Wildman–Crippen LogP) is 3.02. The number of amides is 1. The van der Waals surface area contributed by atoms with Crippen LogP contribution in [-0.4, -0.2) is 42.7 Å². The number of carbonyl (C=O) groups is 1. The fourth-order valence-corrected chi connectivity index (χ4v) is 4.04. The van der Waals surface area contributed by atoms with Crippen LogP contribution in [0, 0.1) is 5.92 Å². The maximum absolute atomic E-state index is 12.9. The first-order valence-electron chi connectivity index (χ1n) is 7.79. The molecule has 4 atom stereocenters. The van der Waals surface area contributed by atoms with Gasteiger partial charge in [-0.15, -0.1) is 0 Å². The van der Waals surface area contributed by atoms with E-state index in [4.69, 9.17) is 9.47 Å². The summed E-state index contributed by atoms with van der Waals surface area (Å²) in [5, 5.41) is 4.15. The minimum Gasteiger partial charge on any atom is -0.373 e. The van der Waals surface area contributed by atoms with Gasteiger partial charge in [-0.1, -0.05) is 12.2 Å². The second-order valence-corrected chi connectivity index (χ2v) is 7.05. The molecule has 0 aliphatic carbocycles. The molecular weight excluding hydrogens is 298 g/mol. The Labute approximate surface area is 135 Å². The minimum absolute atomic E-state index is 0.0236. The highest BCUT2D eigenvalue weighted by Crippen LogP contribution is 2.31. The number of thiophene rings is 1. The minimum atomic E-state index is -0.134. The van der Waals surface area contributed by atoms with Crippen LogP contribution in [0.15, 0.2) is 29.0 Å². The van der Waals surface area contributed by atoms with E-state index in [2.05, 4.69) is 18.0 Å². The van der Waals surface area contributed by atoms with Crippen molar-refractivity contribution in [3.05, 3.63) is 34.5 Å². The molecule has 4 nitrogen and oxygen atoms in total. The zero-order chi connectivity index (χ0) is 15.7. The van der Waals surface area contributed by atoms with Crippen molar-refractivity contribution >= 4 is 17.2 Å². The number of carbonyl (C=O) groups excluding carboxylic acids is 1. The van der Waals surface area contributed by atoms with Crippen LogP contribution in [0.1, 0.15) is 31.9 Å². The van der Waals surface area contributed by atoms with Gasteiger partial charge in [0.25, 0.3) is 0 Å². The van der Waals surface area contributed by atoms with E-state index in [1.165, 1.54) is 0 Å². The smallest absolute Gasteiger partial charge is 0.228 e. The maximum Gasteiger partial charge on any atom is 0.228 e. The van der Waals surface area contributed by atoms with E-state index in [0.717, 1.165) is 17.6 Å². The first-order chi connectivity index (χ1) is 10.6. The Morgan fingerprint density at radius 2 is 2.27 bits per heavy atom. The van der Waals surface area contributed by atoms with Crippen molar-refractivity contribution in [3.8, 4) is 0 Å². The fraction of sp³-hybridized carbons (Fsp3) is 0.588. The molecule has 120 valence electrons. The van der Waals surface area contributed by atoms with Crippen molar-refractivity contribution in [1.82, 2.24) is 4.90 Å². The number of hydrogen-bond donors (Lipinski definition) is 0. The Hall–Kier alpha value is -1.17. The quantitative estimate of drug-likeness (QED) is 0.803. The van der Waals surface area contributed by atoms with Crippen molar-refractivity contribution in [2.75, 3.05) is 19.7 Å². The molecule has 0 N–H and O–H groups in total. The summed E-state index contributed by atoms with van der Waals surface area (Å²) in [6.07, 6.45) is 0.675. The van der Waals surface area contributed by atoms with Gasteiger partial charge < -0.3 is 14.4 Å². The van der Waals surface area contributed by atoms with Crippen LogP contribution in [0.2, 0.25) is 0 Å². The summed E-state index contributed by atoms with van der Waals surface area (Å²) in [5.41, 5.74) is 2.10. The van der Waals surface area contributed by atoms with E-state index in [9.17, 15) is 4.79 Å². The van der Waals surface area contributed by atoms with Crippen molar-refractivity contribution < 1.29 is 14.3 Å². The summed E-state index contributed by atoms with van der Waals surface area (Å²) < 4.78 is 11.7. The van der Waals surface area contributed by atoms with Gasteiger partial charge in [0.1, 0.15) is 6.10 Å². The number of ether oxygens (including phenoxy) is 2. The molecule has 0 unspecified atom stereocenters. The highest BCUT2D eigenvalue weighted by molar-refractivity contribution is 7.07. The van der Waals surface area contributed by atoms with Crippen LogP contribution in [0.25, 0.3) is 0 Å². The molecule has 1 amide bonds. The molecule has 2 saturated heterocycles. The Morgan fingerprint density at radius 3 is 2.95 bits per heavy atom. The summed E-state index contributed by atoms with van der Waals surface area (Å²) in [6, 6.07) is 2.07. The largest absolute Gasteiger partial charge is 0.373 e. The molecule has 0 saturated carbocycles. The molecule has 2 fully saturated rings. The van der Waals surface area contributed by atoms with Crippen LogP contribution < -0.4 is 0 Å². The number of hydrogen-bond acceptors (Lipinski definition) is 4. The lowest BCUT2D eigenvalue weighted by Crippen LogP contribution is -2.49. The molecule has 22 heavy (non-hydrogen) atoms. The second kappa shape index (κ2) is 6.52. The molecule has 2 aliphatic heterocycles. The summed E-state index contributed by atoms with van der Waals surface area (Å²) in [5.74, 6) is 0.0896. The average Bonchev–Trinajstić information content (AvgIpc) is 3.17. The van der Waals surface area contributed by atoms with Gasteiger partial charge in [-0.05, 0) is 42.7 Å². The third-order valence-corrected chi connectivity index (χ3v) is 5.08. The molecule has 1 aromatic heterocycles. The van der Waals surface area contributed by atoms with E-state index >= 15 is 0 Å². The molecule has 5 heteroatoms. The summed E-state index contributed by atoms with van der Waals surface area (Å²) in [4.78, 5) is 14.9. The Kier molecular flexibility index (Phi) is 4.66. The molecule has 1 aromatic rings. The van der Waals surface area contributed by atoms with E-state index in [1.54, 1.807) is 11.3 Å². The van der Waals surface area contributed by atoms with Gasteiger partial charge >= 0.3 is 0 Å². The van der Waals surface area contributed by atoms with Crippen LogP contribution >= 0.6 is 11.3 Å². The molecule has 2 aliphatic rings. The number of morpholine rings is 1. The van der Waals surface area contributed by atoms with Gasteiger partial charge in [-0.2, -0.15) is 11.3 Å². The van der Waals surface area contributed by atoms with Crippen molar-refractivity contribution in [2.45, 2.75) is 38.6 Å². The van der Waals surface area contributed by atoms with Crippen LogP contribution in [0.4, 0.5) is 0 Å². The van der Waals surface area contributed by atoms with Crippen LogP contribution in [0.5, 0.6) is 0 Å². The van der Waals surface area contributed by atoms with Gasteiger partial charge in [0, 0.05) is 13.2 Å². The molecule has 3 rings (SSSR count). The molecule has 0 aromatic carbocycles. The lowest BCUT2D eigenvalue weighted by atomic mass is 9.94. The van der Waals surface area contributed by atoms with Crippen LogP contribution in [-0.2, 0) is 14.3 Å². The van der Waals surface area contributed by atoms with Crippen molar-refractivity contribution in [3.63, 3.8) is 0 Å². The lowest BCUT2D eigenvalue weighted by molar-refractivity contribution is -0.150. The molecule has 0 bridgehead atoms. The highest BCUT2D eigenvalue weighted by atomic mass is 32.1. The average molecular weight is 321 g/mol. The summed E-state index contributed by atoms with van der Waals surface area (Å²) in [6.45, 7) is 9.85. The van der Waals surface area contributed by atoms with Gasteiger partial charge in [-0.25, -0.2) is 0 Å². The molecule has 0 radical (unpaired) electrons. The standard InChI is InChI=1S/C17H23NO3S/c1-11(2)16-14(4-6-20-16)17(19)18-8-12(3)21-15(9-18)13-5-7-22-10-13/h5,7,10,12,14-16H,1,4,6,8-9H2,2-3H3/t12-,14-,15+,16-/m1/s1. The maximum atomic E-state index is 12.9. The topological polar surface area (TPSA) is 38.8 Å². The van der Waals surface area contributed by atoms with E-state index < -0.39 is 0 Å². The van der Waals surface area contributed by atoms with Gasteiger partial charge in [-0.3, -0.25) is 4.79 Å². The monoisotopic (exact) mass is 321 g/mol.